The van der Waals surface area contributed by atoms with Crippen LogP contribution >= 0.6 is 0 Å². The van der Waals surface area contributed by atoms with Crippen molar-refractivity contribution in [1.82, 2.24) is 10.2 Å². The molecule has 0 unspecified atom stereocenters. The van der Waals surface area contributed by atoms with Gasteiger partial charge in [0.05, 0.1) is 6.26 Å². The molecule has 24 heavy (non-hydrogen) atoms. The number of halogens is 1. The van der Waals surface area contributed by atoms with Gasteiger partial charge in [-0.3, -0.25) is 4.90 Å². The molecule has 0 spiro atoms. The number of nitrogens with zero attached hydrogens (tertiary/aromatic N) is 1. The fourth-order valence-corrected chi connectivity index (χ4v) is 3.15. The molecule has 2 heterocycles. The summed E-state index contributed by atoms with van der Waals surface area (Å²) < 4.78 is 18.5. The molecule has 1 fully saturated rings. The molecule has 1 atom stereocenters. The molecule has 0 bridgehead atoms. The Morgan fingerprint density at radius 1 is 1.21 bits per heavy atom. The number of piperidine rings is 1. The summed E-state index contributed by atoms with van der Waals surface area (Å²) in [6.07, 6.45) is 8.19. The van der Waals surface area contributed by atoms with Crippen LogP contribution in [0.1, 0.15) is 25.7 Å². The maximum atomic E-state index is 12.9. The number of urea groups is 1. The van der Waals surface area contributed by atoms with Crippen molar-refractivity contribution in [3.05, 3.63) is 42.4 Å². The number of carbonyl (C=O) groups is 1. The summed E-state index contributed by atoms with van der Waals surface area (Å²) in [5, 5.41) is 5.73. The van der Waals surface area contributed by atoms with Gasteiger partial charge in [0.1, 0.15) is 11.9 Å². The van der Waals surface area contributed by atoms with Crippen molar-refractivity contribution in [3.8, 4) is 0 Å². The minimum atomic E-state index is -0.314. The van der Waals surface area contributed by atoms with Gasteiger partial charge in [0.2, 0.25) is 0 Å². The Hall–Kier alpha value is -2.08. The average molecular weight is 333 g/mol. The number of rotatable bonds is 4. The Balaban J connectivity index is 1.37. The number of hydrogen-bond donors (Lipinski definition) is 2. The molecule has 0 aromatic heterocycles. The first-order valence-corrected chi connectivity index (χ1v) is 8.55. The van der Waals surface area contributed by atoms with Gasteiger partial charge in [0.15, 0.2) is 0 Å². The Morgan fingerprint density at radius 2 is 1.96 bits per heavy atom. The molecule has 1 aromatic rings. The first kappa shape index (κ1) is 16.8. The van der Waals surface area contributed by atoms with Crippen molar-refractivity contribution >= 4 is 11.7 Å². The highest BCUT2D eigenvalue weighted by Crippen LogP contribution is 2.16. The number of anilines is 1. The number of ether oxygens (including phenoxy) is 1. The van der Waals surface area contributed by atoms with Crippen LogP contribution in [-0.4, -0.2) is 42.7 Å². The fourth-order valence-electron chi connectivity index (χ4n) is 3.15. The van der Waals surface area contributed by atoms with E-state index in [1.165, 1.54) is 12.1 Å². The number of carbonyl (C=O) groups excluding carboxylic acids is 1. The van der Waals surface area contributed by atoms with E-state index < -0.39 is 0 Å². The number of allylic oxidation sites excluding steroid dienone is 1. The van der Waals surface area contributed by atoms with Gasteiger partial charge in [-0.05, 0) is 56.0 Å². The normalized spacial score (nSPS) is 22.0. The zero-order valence-electron chi connectivity index (χ0n) is 13.7. The van der Waals surface area contributed by atoms with E-state index in [1.807, 2.05) is 6.26 Å². The number of hydrogen-bond acceptors (Lipinski definition) is 3. The molecule has 2 aliphatic rings. The Kier molecular flexibility index (Phi) is 5.69. The van der Waals surface area contributed by atoms with Gasteiger partial charge in [0, 0.05) is 31.4 Å². The van der Waals surface area contributed by atoms with Gasteiger partial charge in [0.25, 0.3) is 0 Å². The summed E-state index contributed by atoms with van der Waals surface area (Å²) in [4.78, 5) is 14.4. The monoisotopic (exact) mass is 333 g/mol. The van der Waals surface area contributed by atoms with Gasteiger partial charge in [-0.15, -0.1) is 0 Å². The minimum absolute atomic E-state index is 0.175. The average Bonchev–Trinajstić information content (AvgIpc) is 2.60. The van der Waals surface area contributed by atoms with Gasteiger partial charge >= 0.3 is 6.03 Å². The molecule has 2 aliphatic heterocycles. The highest BCUT2D eigenvalue weighted by atomic mass is 19.1. The number of amides is 2. The topological polar surface area (TPSA) is 53.6 Å². The van der Waals surface area contributed by atoms with Crippen molar-refractivity contribution in [1.29, 1.82) is 0 Å². The van der Waals surface area contributed by atoms with Crippen molar-refractivity contribution < 1.29 is 13.9 Å². The second-order valence-electron chi connectivity index (χ2n) is 6.39. The van der Waals surface area contributed by atoms with E-state index in [-0.39, 0.29) is 17.9 Å². The van der Waals surface area contributed by atoms with Crippen LogP contribution in [0.15, 0.2) is 36.6 Å². The molecule has 5 nitrogen and oxygen atoms in total. The van der Waals surface area contributed by atoms with Crippen molar-refractivity contribution in [3.63, 3.8) is 0 Å². The lowest BCUT2D eigenvalue weighted by atomic mass is 10.0. The van der Waals surface area contributed by atoms with E-state index in [1.54, 1.807) is 12.1 Å². The second kappa shape index (κ2) is 8.15. The van der Waals surface area contributed by atoms with E-state index >= 15 is 0 Å². The lowest BCUT2D eigenvalue weighted by Crippen LogP contribution is -2.47. The molecule has 3 rings (SSSR count). The van der Waals surface area contributed by atoms with Crippen molar-refractivity contribution in [2.24, 2.45) is 0 Å². The predicted octanol–water partition coefficient (Wildman–Crippen LogP) is 3.10. The number of benzene rings is 1. The second-order valence-corrected chi connectivity index (χ2v) is 6.39. The molecule has 0 radical (unpaired) electrons. The third-order valence-electron chi connectivity index (χ3n) is 4.51. The zero-order chi connectivity index (χ0) is 16.8. The van der Waals surface area contributed by atoms with Crippen LogP contribution in [0.25, 0.3) is 0 Å². The number of nitrogens with one attached hydrogen (secondary N) is 2. The summed E-state index contributed by atoms with van der Waals surface area (Å²) in [6.45, 7) is 2.88. The van der Waals surface area contributed by atoms with E-state index in [9.17, 15) is 9.18 Å². The minimum Gasteiger partial charge on any atom is -0.497 e. The standard InChI is InChI=1S/C18H24FN3O2/c19-14-4-6-15(7-5-14)20-18(23)21-16-8-10-22(11-9-16)13-17-3-1-2-12-24-17/h2,4-7,12,16-17H,1,3,8-11,13H2,(H2,20,21,23)/t17-/m1/s1. The summed E-state index contributed by atoms with van der Waals surface area (Å²) >= 11 is 0. The van der Waals surface area contributed by atoms with Crippen LogP contribution < -0.4 is 10.6 Å². The highest BCUT2D eigenvalue weighted by molar-refractivity contribution is 5.89. The Labute approximate surface area is 141 Å². The Bertz CT molecular complexity index is 568. The highest BCUT2D eigenvalue weighted by Gasteiger charge is 2.23. The first-order chi connectivity index (χ1) is 11.7. The summed E-state index contributed by atoms with van der Waals surface area (Å²) in [5.74, 6) is -0.314. The third kappa shape index (κ3) is 4.96. The predicted molar refractivity (Wildman–Crippen MR) is 91.3 cm³/mol. The Morgan fingerprint density at radius 3 is 2.62 bits per heavy atom. The lowest BCUT2D eigenvalue weighted by Gasteiger charge is -2.34. The first-order valence-electron chi connectivity index (χ1n) is 8.55. The van der Waals surface area contributed by atoms with E-state index in [0.29, 0.717) is 11.8 Å². The van der Waals surface area contributed by atoms with Gasteiger partial charge in [-0.1, -0.05) is 0 Å². The van der Waals surface area contributed by atoms with Crippen LogP contribution in [0.3, 0.4) is 0 Å². The van der Waals surface area contributed by atoms with E-state index in [2.05, 4.69) is 21.6 Å². The van der Waals surface area contributed by atoms with Crippen molar-refractivity contribution in [2.75, 3.05) is 25.0 Å². The quantitative estimate of drug-likeness (QED) is 0.890. The molecule has 6 heteroatoms. The molecule has 2 amide bonds. The van der Waals surface area contributed by atoms with Crippen LogP contribution in [0, 0.1) is 5.82 Å². The number of likely N-dealkylation sites (tertiary alicyclic amines) is 1. The van der Waals surface area contributed by atoms with Crippen LogP contribution in [0.2, 0.25) is 0 Å². The molecule has 130 valence electrons. The third-order valence-corrected chi connectivity index (χ3v) is 4.51. The summed E-state index contributed by atoms with van der Waals surface area (Å²) in [6, 6.07) is 5.70. The largest absolute Gasteiger partial charge is 0.497 e. The SMILES string of the molecule is O=C(Nc1ccc(F)cc1)NC1CCN(C[C@H]2CCC=CO2)CC1. The molecule has 1 saturated heterocycles. The molecule has 1 aromatic carbocycles. The van der Waals surface area contributed by atoms with Crippen LogP contribution in [0.5, 0.6) is 0 Å². The molecular formula is C18H24FN3O2. The smallest absolute Gasteiger partial charge is 0.319 e. The fraction of sp³-hybridized carbons (Fsp3) is 0.500. The molecule has 0 saturated carbocycles. The van der Waals surface area contributed by atoms with Crippen LogP contribution in [-0.2, 0) is 4.74 Å². The molecular weight excluding hydrogens is 309 g/mol. The molecule has 2 N–H and O–H groups in total. The van der Waals surface area contributed by atoms with Crippen molar-refractivity contribution in [2.45, 2.75) is 37.8 Å². The van der Waals surface area contributed by atoms with E-state index in [0.717, 1.165) is 45.3 Å². The van der Waals surface area contributed by atoms with Gasteiger partial charge < -0.3 is 15.4 Å². The lowest BCUT2D eigenvalue weighted by molar-refractivity contribution is 0.0675. The van der Waals surface area contributed by atoms with Gasteiger partial charge in [-0.2, -0.15) is 0 Å². The summed E-state index contributed by atoms with van der Waals surface area (Å²) in [7, 11) is 0. The van der Waals surface area contributed by atoms with E-state index in [4.69, 9.17) is 4.74 Å². The maximum Gasteiger partial charge on any atom is 0.319 e. The zero-order valence-corrected chi connectivity index (χ0v) is 13.7. The van der Waals surface area contributed by atoms with Crippen LogP contribution in [0.4, 0.5) is 14.9 Å². The maximum absolute atomic E-state index is 12.9. The van der Waals surface area contributed by atoms with Gasteiger partial charge in [-0.25, -0.2) is 9.18 Å². The summed E-state index contributed by atoms with van der Waals surface area (Å²) in [5.41, 5.74) is 0.592. The molecule has 0 aliphatic carbocycles.